The zero-order valence-electron chi connectivity index (χ0n) is 14.7. The van der Waals surface area contributed by atoms with Crippen molar-refractivity contribution in [2.45, 2.75) is 31.5 Å². The first-order valence-corrected chi connectivity index (χ1v) is 8.42. The van der Waals surface area contributed by atoms with E-state index in [-0.39, 0.29) is 30.0 Å². The van der Waals surface area contributed by atoms with Gasteiger partial charge >= 0.3 is 6.09 Å². The molecule has 3 atom stereocenters. The number of carbonyl (C=O) groups is 2. The highest BCUT2D eigenvalue weighted by Gasteiger charge is 2.41. The lowest BCUT2D eigenvalue weighted by Crippen LogP contribution is -2.42. The second kappa shape index (κ2) is 7.17. The van der Waals surface area contributed by atoms with Gasteiger partial charge in [-0.2, -0.15) is 0 Å². The van der Waals surface area contributed by atoms with Gasteiger partial charge in [0, 0.05) is 26.1 Å². The van der Waals surface area contributed by atoms with Crippen LogP contribution in [-0.2, 0) is 14.3 Å². The number of ether oxygens (including phenoxy) is 3. The average Bonchev–Trinajstić information content (AvgIpc) is 2.62. The van der Waals surface area contributed by atoms with E-state index in [2.05, 4.69) is 0 Å². The Morgan fingerprint density at radius 3 is 2.72 bits per heavy atom. The minimum absolute atomic E-state index is 0.0677. The molecular weight excluding hydrogens is 322 g/mol. The van der Waals surface area contributed by atoms with E-state index in [1.807, 2.05) is 24.3 Å². The number of nitrogens with zero attached hydrogens (tertiary/aromatic N) is 1. The average molecular weight is 345 g/mol. The Morgan fingerprint density at radius 2 is 2.00 bits per heavy atom. The van der Waals surface area contributed by atoms with Crippen LogP contribution < -0.4 is 4.74 Å². The maximum Gasteiger partial charge on any atom is 0.409 e. The molecule has 0 aromatic heterocycles. The van der Waals surface area contributed by atoms with Crippen LogP contribution in [0.25, 0.3) is 5.57 Å². The van der Waals surface area contributed by atoms with Crippen LogP contribution in [0.3, 0.4) is 0 Å². The molecule has 1 aliphatic carbocycles. The lowest BCUT2D eigenvalue weighted by atomic mass is 9.77. The first-order chi connectivity index (χ1) is 12.0. The smallest absolute Gasteiger partial charge is 0.409 e. The van der Waals surface area contributed by atoms with E-state index in [4.69, 9.17) is 14.2 Å². The van der Waals surface area contributed by atoms with E-state index >= 15 is 0 Å². The SMILES string of the molecule is COc1ccccc1C1=COC2CC(OC(=O)N(C)C)CCC2C1=O. The van der Waals surface area contributed by atoms with Crippen molar-refractivity contribution in [2.75, 3.05) is 21.2 Å². The molecule has 3 unspecified atom stereocenters. The summed E-state index contributed by atoms with van der Waals surface area (Å²) >= 11 is 0. The molecule has 1 heterocycles. The Morgan fingerprint density at radius 1 is 1.24 bits per heavy atom. The summed E-state index contributed by atoms with van der Waals surface area (Å²) in [6.07, 6.45) is 2.53. The van der Waals surface area contributed by atoms with Crippen LogP contribution in [0.2, 0.25) is 0 Å². The molecule has 25 heavy (non-hydrogen) atoms. The summed E-state index contributed by atoms with van der Waals surface area (Å²) in [7, 11) is 4.88. The number of rotatable bonds is 3. The van der Waals surface area contributed by atoms with Gasteiger partial charge in [-0.3, -0.25) is 4.79 Å². The highest BCUT2D eigenvalue weighted by molar-refractivity contribution is 6.22. The van der Waals surface area contributed by atoms with Crippen LogP contribution in [-0.4, -0.2) is 50.2 Å². The molecule has 1 fully saturated rings. The lowest BCUT2D eigenvalue weighted by molar-refractivity contribution is -0.126. The van der Waals surface area contributed by atoms with E-state index in [1.165, 1.54) is 11.2 Å². The second-order valence-corrected chi connectivity index (χ2v) is 6.59. The van der Waals surface area contributed by atoms with Gasteiger partial charge in [0.1, 0.15) is 18.0 Å². The van der Waals surface area contributed by atoms with Crippen molar-refractivity contribution < 1.29 is 23.8 Å². The molecule has 1 aromatic rings. The van der Waals surface area contributed by atoms with E-state index in [9.17, 15) is 9.59 Å². The molecule has 0 radical (unpaired) electrons. The number of fused-ring (bicyclic) bond motifs is 1. The minimum atomic E-state index is -0.365. The monoisotopic (exact) mass is 345 g/mol. The number of ketones is 1. The fourth-order valence-corrected chi connectivity index (χ4v) is 3.37. The van der Waals surface area contributed by atoms with Crippen LogP contribution in [0.5, 0.6) is 5.75 Å². The van der Waals surface area contributed by atoms with Gasteiger partial charge in [-0.25, -0.2) is 4.79 Å². The highest BCUT2D eigenvalue weighted by Crippen LogP contribution is 2.39. The summed E-state index contributed by atoms with van der Waals surface area (Å²) in [5, 5.41) is 0. The first kappa shape index (κ1) is 17.3. The van der Waals surface area contributed by atoms with Crippen LogP contribution in [0.1, 0.15) is 24.8 Å². The first-order valence-electron chi connectivity index (χ1n) is 8.42. The van der Waals surface area contributed by atoms with Crippen molar-refractivity contribution in [3.63, 3.8) is 0 Å². The summed E-state index contributed by atoms with van der Waals surface area (Å²) in [5.74, 6) is 0.509. The Hall–Kier alpha value is -2.50. The number of amides is 1. The molecule has 1 amide bonds. The summed E-state index contributed by atoms with van der Waals surface area (Å²) < 4.78 is 16.6. The number of para-hydroxylation sites is 1. The van der Waals surface area contributed by atoms with Gasteiger partial charge in [-0.1, -0.05) is 18.2 Å². The van der Waals surface area contributed by atoms with Gasteiger partial charge in [0.15, 0.2) is 5.78 Å². The number of benzene rings is 1. The van der Waals surface area contributed by atoms with Crippen molar-refractivity contribution in [2.24, 2.45) is 5.92 Å². The third kappa shape index (κ3) is 3.48. The fourth-order valence-electron chi connectivity index (χ4n) is 3.37. The molecule has 6 nitrogen and oxygen atoms in total. The number of Topliss-reactive ketones (excluding diaryl/α,β-unsaturated/α-hetero) is 1. The van der Waals surface area contributed by atoms with Crippen molar-refractivity contribution in [3.05, 3.63) is 36.1 Å². The van der Waals surface area contributed by atoms with Gasteiger partial charge in [0.05, 0.1) is 24.9 Å². The minimum Gasteiger partial charge on any atom is -0.496 e. The van der Waals surface area contributed by atoms with Gasteiger partial charge in [0.2, 0.25) is 0 Å². The Balaban J connectivity index is 1.75. The molecular formula is C19H23NO5. The molecule has 6 heteroatoms. The van der Waals surface area contributed by atoms with Crippen LogP contribution in [0, 0.1) is 5.92 Å². The molecule has 0 saturated heterocycles. The predicted molar refractivity (Wildman–Crippen MR) is 92.1 cm³/mol. The van der Waals surface area contributed by atoms with Crippen LogP contribution in [0.4, 0.5) is 4.79 Å². The summed E-state index contributed by atoms with van der Waals surface area (Å²) in [6.45, 7) is 0. The third-order valence-corrected chi connectivity index (χ3v) is 4.74. The standard InChI is InChI=1S/C19H23NO5/c1-20(2)19(22)25-12-8-9-14-17(10-12)24-11-15(18(14)21)13-6-4-5-7-16(13)23-3/h4-7,11-12,14,17H,8-10H2,1-3H3. The van der Waals surface area contributed by atoms with E-state index in [1.54, 1.807) is 21.2 Å². The van der Waals surface area contributed by atoms with Crippen molar-refractivity contribution >= 4 is 17.4 Å². The maximum atomic E-state index is 12.9. The number of methoxy groups -OCH3 is 1. The van der Waals surface area contributed by atoms with Gasteiger partial charge in [0.25, 0.3) is 0 Å². The van der Waals surface area contributed by atoms with E-state index in [0.717, 1.165) is 5.56 Å². The molecule has 2 aliphatic rings. The highest BCUT2D eigenvalue weighted by atomic mass is 16.6. The lowest BCUT2D eigenvalue weighted by Gasteiger charge is -2.37. The third-order valence-electron chi connectivity index (χ3n) is 4.74. The topological polar surface area (TPSA) is 65.1 Å². The van der Waals surface area contributed by atoms with Gasteiger partial charge in [-0.15, -0.1) is 0 Å². The Bertz CT molecular complexity index is 697. The molecule has 134 valence electrons. The normalized spacial score (nSPS) is 25.3. The molecule has 1 aromatic carbocycles. The molecule has 1 saturated carbocycles. The molecule has 3 rings (SSSR count). The molecule has 0 spiro atoms. The van der Waals surface area contributed by atoms with Gasteiger partial charge in [-0.05, 0) is 18.9 Å². The zero-order chi connectivity index (χ0) is 18.0. The summed E-state index contributed by atoms with van der Waals surface area (Å²) in [5.41, 5.74) is 1.29. The predicted octanol–water partition coefficient (Wildman–Crippen LogP) is 2.87. The van der Waals surface area contributed by atoms with Crippen LogP contribution >= 0.6 is 0 Å². The quantitative estimate of drug-likeness (QED) is 0.843. The number of hydrogen-bond donors (Lipinski definition) is 0. The molecule has 0 N–H and O–H groups in total. The Kier molecular flexibility index (Phi) is 4.97. The zero-order valence-corrected chi connectivity index (χ0v) is 14.7. The van der Waals surface area contributed by atoms with E-state index < -0.39 is 0 Å². The molecule has 1 aliphatic heterocycles. The Labute approximate surface area is 147 Å². The number of carbonyl (C=O) groups excluding carboxylic acids is 2. The van der Waals surface area contributed by atoms with Crippen molar-refractivity contribution in [1.29, 1.82) is 0 Å². The maximum absolute atomic E-state index is 12.9. The second-order valence-electron chi connectivity index (χ2n) is 6.59. The van der Waals surface area contributed by atoms with Crippen molar-refractivity contribution in [3.8, 4) is 5.75 Å². The van der Waals surface area contributed by atoms with Gasteiger partial charge < -0.3 is 19.1 Å². The largest absolute Gasteiger partial charge is 0.496 e. The van der Waals surface area contributed by atoms with E-state index in [0.29, 0.717) is 30.6 Å². The number of hydrogen-bond acceptors (Lipinski definition) is 5. The summed E-state index contributed by atoms with van der Waals surface area (Å²) in [6, 6.07) is 7.42. The summed E-state index contributed by atoms with van der Waals surface area (Å²) in [4.78, 5) is 26.1. The number of allylic oxidation sites excluding steroid dienone is 1. The fraction of sp³-hybridized carbons (Fsp3) is 0.474. The van der Waals surface area contributed by atoms with Crippen LogP contribution in [0.15, 0.2) is 30.5 Å². The van der Waals surface area contributed by atoms with Crippen molar-refractivity contribution in [1.82, 2.24) is 4.90 Å². The molecule has 0 bridgehead atoms.